The Morgan fingerprint density at radius 1 is 1.03 bits per heavy atom. The molecular formula is C22H24IN3O2S. The number of amides is 2. The van der Waals surface area contributed by atoms with Gasteiger partial charge < -0.3 is 10.6 Å². The van der Waals surface area contributed by atoms with Crippen molar-refractivity contribution in [2.45, 2.75) is 45.1 Å². The fraction of sp³-hybridized carbons (Fsp3) is 0.318. The number of rotatable bonds is 4. The van der Waals surface area contributed by atoms with Crippen LogP contribution in [0, 0.1) is 10.5 Å². The highest BCUT2D eigenvalue weighted by Gasteiger charge is 2.19. The van der Waals surface area contributed by atoms with E-state index in [0.29, 0.717) is 16.8 Å². The van der Waals surface area contributed by atoms with Gasteiger partial charge in [-0.05, 0) is 84.4 Å². The highest BCUT2D eigenvalue weighted by atomic mass is 127. The van der Waals surface area contributed by atoms with Crippen molar-refractivity contribution >= 4 is 57.4 Å². The molecule has 1 aliphatic carbocycles. The fourth-order valence-electron chi connectivity index (χ4n) is 3.36. The van der Waals surface area contributed by atoms with Gasteiger partial charge in [-0.15, -0.1) is 0 Å². The maximum Gasteiger partial charge on any atom is 0.257 e. The molecule has 0 heterocycles. The summed E-state index contributed by atoms with van der Waals surface area (Å²) < 4.78 is 1.01. The minimum absolute atomic E-state index is 0.123. The Bertz CT molecular complexity index is 926. The van der Waals surface area contributed by atoms with Crippen molar-refractivity contribution in [2.75, 3.05) is 5.32 Å². The summed E-state index contributed by atoms with van der Waals surface area (Å²) in [5.41, 5.74) is 2.73. The summed E-state index contributed by atoms with van der Waals surface area (Å²) in [5.74, 6) is -0.410. The highest BCUT2D eigenvalue weighted by Crippen LogP contribution is 2.20. The molecule has 3 N–H and O–H groups in total. The number of anilines is 1. The first-order valence-electron chi connectivity index (χ1n) is 9.72. The zero-order valence-electron chi connectivity index (χ0n) is 16.3. The molecule has 0 unspecified atom stereocenters. The van der Waals surface area contributed by atoms with Gasteiger partial charge in [-0.25, -0.2) is 0 Å². The van der Waals surface area contributed by atoms with E-state index >= 15 is 0 Å². The molecular weight excluding hydrogens is 497 g/mol. The van der Waals surface area contributed by atoms with E-state index in [-0.39, 0.29) is 23.0 Å². The molecule has 1 saturated carbocycles. The SMILES string of the molecule is Cc1ccc(C(=O)NC(=S)Nc2ccccc2C(=O)NC2CCCCC2)cc1I. The third-order valence-electron chi connectivity index (χ3n) is 5.02. The summed E-state index contributed by atoms with van der Waals surface area (Å²) in [6, 6.07) is 12.9. The Morgan fingerprint density at radius 2 is 1.76 bits per heavy atom. The van der Waals surface area contributed by atoms with Gasteiger partial charge in [0.25, 0.3) is 11.8 Å². The highest BCUT2D eigenvalue weighted by molar-refractivity contribution is 14.1. The third kappa shape index (κ3) is 5.99. The Hall–Kier alpha value is -2.00. The Balaban J connectivity index is 1.64. The summed E-state index contributed by atoms with van der Waals surface area (Å²) in [4.78, 5) is 25.2. The van der Waals surface area contributed by atoms with Crippen molar-refractivity contribution in [3.05, 3.63) is 62.7 Å². The van der Waals surface area contributed by atoms with Crippen LogP contribution in [0.1, 0.15) is 58.4 Å². The summed E-state index contributed by atoms with van der Waals surface area (Å²) in [7, 11) is 0. The Kier molecular flexibility index (Phi) is 7.60. The number of benzene rings is 2. The lowest BCUT2D eigenvalue weighted by atomic mass is 9.95. The fourth-order valence-corrected chi connectivity index (χ4v) is 4.08. The van der Waals surface area contributed by atoms with Gasteiger partial charge in [0.05, 0.1) is 11.3 Å². The molecule has 0 saturated heterocycles. The average Bonchev–Trinajstić information content (AvgIpc) is 2.71. The van der Waals surface area contributed by atoms with Crippen LogP contribution >= 0.6 is 34.8 Å². The minimum atomic E-state index is -0.287. The van der Waals surface area contributed by atoms with Crippen LogP contribution in [0.4, 0.5) is 5.69 Å². The molecule has 1 fully saturated rings. The van der Waals surface area contributed by atoms with Crippen molar-refractivity contribution in [3.8, 4) is 0 Å². The van der Waals surface area contributed by atoms with Crippen molar-refractivity contribution in [2.24, 2.45) is 0 Å². The molecule has 0 spiro atoms. The second-order valence-corrected chi connectivity index (χ2v) is 8.80. The predicted octanol–water partition coefficient (Wildman–Crippen LogP) is 4.79. The molecule has 0 aromatic heterocycles. The first-order valence-corrected chi connectivity index (χ1v) is 11.2. The van der Waals surface area contributed by atoms with Crippen LogP contribution in [0.3, 0.4) is 0 Å². The normalized spacial score (nSPS) is 14.1. The topological polar surface area (TPSA) is 70.2 Å². The van der Waals surface area contributed by atoms with Crippen molar-refractivity contribution < 1.29 is 9.59 Å². The van der Waals surface area contributed by atoms with Gasteiger partial charge in [-0.3, -0.25) is 14.9 Å². The quantitative estimate of drug-likeness (QED) is 0.400. The van der Waals surface area contributed by atoms with Gasteiger partial charge in [0, 0.05) is 15.2 Å². The molecule has 2 aromatic carbocycles. The molecule has 0 radical (unpaired) electrons. The molecule has 3 rings (SSSR count). The third-order valence-corrected chi connectivity index (χ3v) is 6.39. The van der Waals surface area contributed by atoms with Gasteiger partial charge >= 0.3 is 0 Å². The van der Waals surface area contributed by atoms with E-state index in [1.807, 2.05) is 31.2 Å². The first kappa shape index (κ1) is 21.7. The van der Waals surface area contributed by atoms with Crippen LogP contribution in [0.2, 0.25) is 0 Å². The van der Waals surface area contributed by atoms with Gasteiger partial charge in [-0.1, -0.05) is 37.5 Å². The number of thiocarbonyl (C=S) groups is 1. The minimum Gasteiger partial charge on any atom is -0.349 e. The van der Waals surface area contributed by atoms with Crippen molar-refractivity contribution in [1.29, 1.82) is 0 Å². The van der Waals surface area contributed by atoms with Gasteiger partial charge in [0.15, 0.2) is 5.11 Å². The first-order chi connectivity index (χ1) is 13.9. The van der Waals surface area contributed by atoms with Crippen LogP contribution in [0.15, 0.2) is 42.5 Å². The van der Waals surface area contributed by atoms with Crippen molar-refractivity contribution in [3.63, 3.8) is 0 Å². The average molecular weight is 521 g/mol. The number of hydrogen-bond donors (Lipinski definition) is 3. The van der Waals surface area contributed by atoms with E-state index in [2.05, 4.69) is 38.5 Å². The number of carbonyl (C=O) groups is 2. The summed E-state index contributed by atoms with van der Waals surface area (Å²) in [5, 5.41) is 8.95. The zero-order valence-corrected chi connectivity index (χ0v) is 19.2. The number of hydrogen-bond acceptors (Lipinski definition) is 3. The molecule has 0 bridgehead atoms. The van der Waals surface area contributed by atoms with Crippen molar-refractivity contribution in [1.82, 2.24) is 10.6 Å². The lowest BCUT2D eigenvalue weighted by Gasteiger charge is -2.23. The number of aryl methyl sites for hydroxylation is 1. The standard InChI is InChI=1S/C22H24IN3O2S/c1-14-11-12-15(13-18(14)23)20(27)26-22(29)25-19-10-6-5-9-17(19)21(28)24-16-7-3-2-4-8-16/h5-6,9-13,16H,2-4,7-8H2,1H3,(H,24,28)(H2,25,26,27,29). The molecule has 0 atom stereocenters. The molecule has 152 valence electrons. The maximum atomic E-state index is 12.7. The molecule has 5 nitrogen and oxygen atoms in total. The largest absolute Gasteiger partial charge is 0.349 e. The molecule has 1 aliphatic rings. The second-order valence-electron chi connectivity index (χ2n) is 7.23. The van der Waals surface area contributed by atoms with E-state index in [0.717, 1.165) is 34.8 Å². The Labute approximate surface area is 190 Å². The lowest BCUT2D eigenvalue weighted by molar-refractivity contribution is 0.0927. The smallest absolute Gasteiger partial charge is 0.257 e. The molecule has 2 aromatic rings. The van der Waals surface area contributed by atoms with Crippen LogP contribution in [-0.4, -0.2) is 23.0 Å². The monoisotopic (exact) mass is 521 g/mol. The van der Waals surface area contributed by atoms with Crippen LogP contribution in [0.5, 0.6) is 0 Å². The van der Waals surface area contributed by atoms with Crippen LogP contribution in [0.25, 0.3) is 0 Å². The maximum absolute atomic E-state index is 12.7. The van der Waals surface area contributed by atoms with E-state index < -0.39 is 0 Å². The van der Waals surface area contributed by atoms with E-state index in [1.54, 1.807) is 18.2 Å². The van der Waals surface area contributed by atoms with Crippen LogP contribution < -0.4 is 16.0 Å². The van der Waals surface area contributed by atoms with E-state index in [1.165, 1.54) is 6.42 Å². The number of halogens is 1. The molecule has 0 aliphatic heterocycles. The summed E-state index contributed by atoms with van der Waals surface area (Å²) >= 11 is 7.50. The van der Waals surface area contributed by atoms with Gasteiger partial charge in [-0.2, -0.15) is 0 Å². The Morgan fingerprint density at radius 3 is 2.48 bits per heavy atom. The molecule has 2 amide bonds. The van der Waals surface area contributed by atoms with Gasteiger partial charge in [0.1, 0.15) is 0 Å². The number of para-hydroxylation sites is 1. The second kappa shape index (κ2) is 10.2. The van der Waals surface area contributed by atoms with Gasteiger partial charge in [0.2, 0.25) is 0 Å². The zero-order chi connectivity index (χ0) is 20.8. The summed E-state index contributed by atoms with van der Waals surface area (Å²) in [6.45, 7) is 1.99. The number of carbonyl (C=O) groups excluding carboxylic acids is 2. The molecule has 29 heavy (non-hydrogen) atoms. The van der Waals surface area contributed by atoms with E-state index in [4.69, 9.17) is 12.2 Å². The summed E-state index contributed by atoms with van der Waals surface area (Å²) in [6.07, 6.45) is 5.58. The number of nitrogens with one attached hydrogen (secondary N) is 3. The lowest BCUT2D eigenvalue weighted by Crippen LogP contribution is -2.37. The van der Waals surface area contributed by atoms with E-state index in [9.17, 15) is 9.59 Å². The molecule has 7 heteroatoms. The predicted molar refractivity (Wildman–Crippen MR) is 128 cm³/mol. The van der Waals surface area contributed by atoms with Crippen LogP contribution in [-0.2, 0) is 0 Å².